The van der Waals surface area contributed by atoms with Crippen LogP contribution in [0, 0.1) is 0 Å². The van der Waals surface area contributed by atoms with Crippen molar-refractivity contribution in [3.63, 3.8) is 0 Å². The molecule has 1 aromatic heterocycles. The third kappa shape index (κ3) is 2.24. The number of hydrogen-bond donors (Lipinski definition) is 1. The number of aromatic nitrogens is 2. The lowest BCUT2D eigenvalue weighted by Crippen LogP contribution is -2.15. The summed E-state index contributed by atoms with van der Waals surface area (Å²) in [7, 11) is 0. The molecule has 1 N–H and O–H groups in total. The molecule has 2 heterocycles. The summed E-state index contributed by atoms with van der Waals surface area (Å²) in [4.78, 5) is 4.36. The minimum atomic E-state index is 0.593. The van der Waals surface area contributed by atoms with Gasteiger partial charge in [-0.2, -0.15) is 4.37 Å². The van der Waals surface area contributed by atoms with Gasteiger partial charge in [0.1, 0.15) is 19.0 Å². The van der Waals surface area contributed by atoms with Crippen molar-refractivity contribution in [3.05, 3.63) is 24.0 Å². The van der Waals surface area contributed by atoms with Gasteiger partial charge >= 0.3 is 0 Å². The molecule has 2 aromatic rings. The minimum absolute atomic E-state index is 0.593. The summed E-state index contributed by atoms with van der Waals surface area (Å²) < 4.78 is 15.2. The fraction of sp³-hybridized carbons (Fsp3) is 0.333. The van der Waals surface area contributed by atoms with Gasteiger partial charge in [0, 0.05) is 29.7 Å². The molecule has 6 heteroatoms. The summed E-state index contributed by atoms with van der Waals surface area (Å²) >= 11 is 1.36. The fourth-order valence-electron chi connectivity index (χ4n) is 1.69. The van der Waals surface area contributed by atoms with Crippen molar-refractivity contribution in [1.82, 2.24) is 9.36 Å². The Bertz CT molecular complexity index is 556. The van der Waals surface area contributed by atoms with Crippen molar-refractivity contribution in [3.8, 4) is 11.5 Å². The molecular formula is C12H13N3O2S. The zero-order chi connectivity index (χ0) is 12.4. The first kappa shape index (κ1) is 11.3. The van der Waals surface area contributed by atoms with E-state index in [1.807, 2.05) is 25.1 Å². The van der Waals surface area contributed by atoms with E-state index in [0.29, 0.717) is 13.2 Å². The normalized spacial score (nSPS) is 13.4. The van der Waals surface area contributed by atoms with E-state index in [4.69, 9.17) is 9.47 Å². The second kappa shape index (κ2) is 4.81. The summed E-state index contributed by atoms with van der Waals surface area (Å²) in [6.45, 7) is 3.24. The third-order valence-corrected chi connectivity index (χ3v) is 3.25. The molecule has 5 nitrogen and oxygen atoms in total. The molecule has 0 fully saturated rings. The smallest absolute Gasteiger partial charge is 0.207 e. The topological polar surface area (TPSA) is 56.3 Å². The van der Waals surface area contributed by atoms with Crippen molar-refractivity contribution in [1.29, 1.82) is 0 Å². The summed E-state index contributed by atoms with van der Waals surface area (Å²) in [5, 5.41) is 4.01. The molecule has 0 radical (unpaired) electrons. The van der Waals surface area contributed by atoms with Crippen molar-refractivity contribution in [2.75, 3.05) is 18.5 Å². The van der Waals surface area contributed by atoms with E-state index < -0.39 is 0 Å². The van der Waals surface area contributed by atoms with Gasteiger partial charge < -0.3 is 14.8 Å². The Morgan fingerprint density at radius 1 is 1.28 bits per heavy atom. The summed E-state index contributed by atoms with van der Waals surface area (Å²) in [5.74, 6) is 2.42. The van der Waals surface area contributed by atoms with Gasteiger partial charge in [0.2, 0.25) is 5.13 Å². The van der Waals surface area contributed by atoms with Gasteiger partial charge in [-0.3, -0.25) is 0 Å². The lowest BCUT2D eigenvalue weighted by atomic mass is 10.2. The monoisotopic (exact) mass is 263 g/mol. The van der Waals surface area contributed by atoms with Crippen LogP contribution in [0.4, 0.5) is 10.8 Å². The average molecular weight is 263 g/mol. The van der Waals surface area contributed by atoms with E-state index in [1.54, 1.807) is 0 Å². The number of hydrogen-bond acceptors (Lipinski definition) is 6. The molecule has 1 aliphatic heterocycles. The van der Waals surface area contributed by atoms with Crippen molar-refractivity contribution < 1.29 is 9.47 Å². The molecule has 0 atom stereocenters. The number of rotatable bonds is 3. The highest BCUT2D eigenvalue weighted by Crippen LogP contribution is 2.33. The van der Waals surface area contributed by atoms with Crippen LogP contribution < -0.4 is 14.8 Å². The van der Waals surface area contributed by atoms with Gasteiger partial charge in [0.25, 0.3) is 0 Å². The standard InChI is InChI=1S/C12H13N3O2S/c1-2-11-14-12(18-15-11)13-8-3-4-9-10(7-8)17-6-5-16-9/h3-4,7H,2,5-6H2,1H3,(H,13,14,15). The van der Waals surface area contributed by atoms with E-state index in [9.17, 15) is 0 Å². The van der Waals surface area contributed by atoms with E-state index >= 15 is 0 Å². The Kier molecular flexibility index (Phi) is 3.02. The Hall–Kier alpha value is -1.82. The average Bonchev–Trinajstić information content (AvgIpc) is 2.86. The number of nitrogens with zero attached hydrogens (tertiary/aromatic N) is 2. The number of fused-ring (bicyclic) bond motifs is 1. The number of nitrogens with one attached hydrogen (secondary N) is 1. The third-order valence-electron chi connectivity index (χ3n) is 2.58. The molecule has 0 aliphatic carbocycles. The summed E-state index contributed by atoms with van der Waals surface area (Å²) in [6.07, 6.45) is 0.847. The molecule has 0 saturated carbocycles. The lowest BCUT2D eigenvalue weighted by Gasteiger charge is -2.18. The zero-order valence-electron chi connectivity index (χ0n) is 9.97. The largest absolute Gasteiger partial charge is 0.486 e. The van der Waals surface area contributed by atoms with Crippen molar-refractivity contribution >= 4 is 22.4 Å². The SMILES string of the molecule is CCc1nsc(Nc2ccc3c(c2)OCCO3)n1. The number of ether oxygens (including phenoxy) is 2. The van der Waals surface area contributed by atoms with E-state index in [1.165, 1.54) is 11.5 Å². The van der Waals surface area contributed by atoms with Gasteiger partial charge in [0.05, 0.1) is 0 Å². The lowest BCUT2D eigenvalue weighted by molar-refractivity contribution is 0.171. The maximum absolute atomic E-state index is 5.53. The van der Waals surface area contributed by atoms with Gasteiger partial charge in [-0.15, -0.1) is 0 Å². The second-order valence-electron chi connectivity index (χ2n) is 3.85. The van der Waals surface area contributed by atoms with Crippen LogP contribution >= 0.6 is 11.5 Å². The first-order valence-corrected chi connectivity index (χ1v) is 6.62. The number of benzene rings is 1. The molecule has 0 unspecified atom stereocenters. The van der Waals surface area contributed by atoms with Gasteiger partial charge in [-0.1, -0.05) is 6.92 Å². The van der Waals surface area contributed by atoms with Crippen LogP contribution in [0.1, 0.15) is 12.7 Å². The predicted molar refractivity (Wildman–Crippen MR) is 70.0 cm³/mol. The summed E-state index contributed by atoms with van der Waals surface area (Å²) in [6, 6.07) is 5.76. The van der Waals surface area contributed by atoms with Crippen molar-refractivity contribution in [2.24, 2.45) is 0 Å². The number of anilines is 2. The van der Waals surface area contributed by atoms with E-state index in [-0.39, 0.29) is 0 Å². The van der Waals surface area contributed by atoms with E-state index in [0.717, 1.165) is 34.6 Å². The molecule has 0 bridgehead atoms. The Balaban J connectivity index is 1.80. The molecule has 0 saturated heterocycles. The Morgan fingerprint density at radius 2 is 2.11 bits per heavy atom. The number of aryl methyl sites for hydroxylation is 1. The highest BCUT2D eigenvalue weighted by molar-refractivity contribution is 7.09. The highest BCUT2D eigenvalue weighted by Gasteiger charge is 2.12. The van der Waals surface area contributed by atoms with Gasteiger partial charge in [-0.05, 0) is 12.1 Å². The molecule has 0 amide bonds. The van der Waals surface area contributed by atoms with Crippen LogP contribution in [0.5, 0.6) is 11.5 Å². The molecule has 1 aromatic carbocycles. The second-order valence-corrected chi connectivity index (χ2v) is 4.60. The van der Waals surface area contributed by atoms with Gasteiger partial charge in [-0.25, -0.2) is 4.98 Å². The van der Waals surface area contributed by atoms with Gasteiger partial charge in [0.15, 0.2) is 11.5 Å². The van der Waals surface area contributed by atoms with Crippen LogP contribution in [0.15, 0.2) is 18.2 Å². The molecule has 3 rings (SSSR count). The molecule has 0 spiro atoms. The fourth-order valence-corrected chi connectivity index (χ4v) is 2.36. The maximum atomic E-state index is 5.53. The maximum Gasteiger partial charge on any atom is 0.207 e. The van der Waals surface area contributed by atoms with Crippen LogP contribution in [0.3, 0.4) is 0 Å². The van der Waals surface area contributed by atoms with Crippen LogP contribution in [-0.2, 0) is 6.42 Å². The predicted octanol–water partition coefficient (Wildman–Crippen LogP) is 2.62. The minimum Gasteiger partial charge on any atom is -0.486 e. The first-order chi connectivity index (χ1) is 8.85. The molecule has 18 heavy (non-hydrogen) atoms. The zero-order valence-corrected chi connectivity index (χ0v) is 10.8. The van der Waals surface area contributed by atoms with E-state index in [2.05, 4.69) is 14.7 Å². The molecular weight excluding hydrogens is 250 g/mol. The molecule has 1 aliphatic rings. The summed E-state index contributed by atoms with van der Waals surface area (Å²) in [5.41, 5.74) is 0.929. The Morgan fingerprint density at radius 3 is 2.89 bits per heavy atom. The van der Waals surface area contributed by atoms with Crippen LogP contribution in [0.2, 0.25) is 0 Å². The molecule has 94 valence electrons. The van der Waals surface area contributed by atoms with Crippen molar-refractivity contribution in [2.45, 2.75) is 13.3 Å². The Labute approximate surface area is 109 Å². The highest BCUT2D eigenvalue weighted by atomic mass is 32.1. The van der Waals surface area contributed by atoms with Crippen LogP contribution in [0.25, 0.3) is 0 Å². The first-order valence-electron chi connectivity index (χ1n) is 5.84. The quantitative estimate of drug-likeness (QED) is 0.922. The van der Waals surface area contributed by atoms with Crippen LogP contribution in [-0.4, -0.2) is 22.6 Å².